The standard InChI is InChI=1S/C23H30N4O2/c1-25-16-7-8-17(25)14-18(13-16)26-9-11-27(12-10-26)23(28)20-15-22(29-2)24-21-6-4-3-5-19(20)21/h3-6,15-18H,7-14H2,1-2H3. The fourth-order valence-electron chi connectivity index (χ4n) is 5.57. The van der Waals surface area contributed by atoms with Crippen LogP contribution in [0.4, 0.5) is 0 Å². The topological polar surface area (TPSA) is 48.9 Å². The largest absolute Gasteiger partial charge is 0.481 e. The minimum absolute atomic E-state index is 0.0880. The number of piperidine rings is 1. The van der Waals surface area contributed by atoms with Crippen molar-refractivity contribution < 1.29 is 9.53 Å². The lowest BCUT2D eigenvalue weighted by atomic mass is 9.96. The molecule has 5 rings (SSSR count). The highest BCUT2D eigenvalue weighted by molar-refractivity contribution is 6.06. The number of para-hydroxylation sites is 1. The minimum atomic E-state index is 0.0880. The third kappa shape index (κ3) is 3.38. The van der Waals surface area contributed by atoms with E-state index in [1.165, 1.54) is 25.7 Å². The molecular formula is C23H30N4O2. The highest BCUT2D eigenvalue weighted by Crippen LogP contribution is 2.36. The fraction of sp³-hybridized carbons (Fsp3) is 0.565. The van der Waals surface area contributed by atoms with Crippen molar-refractivity contribution in [3.8, 4) is 5.88 Å². The smallest absolute Gasteiger partial charge is 0.254 e. The molecule has 1 amide bonds. The number of carbonyl (C=O) groups excluding carboxylic acids is 1. The van der Waals surface area contributed by atoms with Gasteiger partial charge in [-0.25, -0.2) is 4.98 Å². The van der Waals surface area contributed by atoms with Crippen molar-refractivity contribution in [2.24, 2.45) is 0 Å². The zero-order chi connectivity index (χ0) is 20.0. The molecule has 1 aromatic carbocycles. The normalized spacial score (nSPS) is 28.1. The summed E-state index contributed by atoms with van der Waals surface area (Å²) in [5.74, 6) is 0.581. The zero-order valence-electron chi connectivity index (χ0n) is 17.4. The average molecular weight is 395 g/mol. The lowest BCUT2D eigenvalue weighted by molar-refractivity contribution is 0.0344. The summed E-state index contributed by atoms with van der Waals surface area (Å²) >= 11 is 0. The van der Waals surface area contributed by atoms with E-state index < -0.39 is 0 Å². The highest BCUT2D eigenvalue weighted by atomic mass is 16.5. The molecule has 3 saturated heterocycles. The number of nitrogens with zero attached hydrogens (tertiary/aromatic N) is 4. The van der Waals surface area contributed by atoms with Gasteiger partial charge in [-0.15, -0.1) is 0 Å². The molecule has 3 aliphatic rings. The van der Waals surface area contributed by atoms with E-state index in [0.29, 0.717) is 17.5 Å². The van der Waals surface area contributed by atoms with E-state index in [4.69, 9.17) is 4.74 Å². The molecule has 29 heavy (non-hydrogen) atoms. The SMILES string of the molecule is COc1cc(C(=O)N2CCN(C3CC4CCC(C3)N4C)CC2)c2ccccc2n1. The Morgan fingerprint density at radius 1 is 1.03 bits per heavy atom. The Morgan fingerprint density at radius 3 is 2.41 bits per heavy atom. The molecule has 0 radical (unpaired) electrons. The van der Waals surface area contributed by atoms with Gasteiger partial charge in [-0.2, -0.15) is 0 Å². The molecule has 0 saturated carbocycles. The molecule has 2 bridgehead atoms. The van der Waals surface area contributed by atoms with E-state index in [1.54, 1.807) is 13.2 Å². The molecule has 2 unspecified atom stereocenters. The number of aromatic nitrogens is 1. The minimum Gasteiger partial charge on any atom is -0.481 e. The van der Waals surface area contributed by atoms with Crippen LogP contribution in [0.5, 0.6) is 5.88 Å². The summed E-state index contributed by atoms with van der Waals surface area (Å²) in [7, 11) is 3.89. The maximum atomic E-state index is 13.3. The first-order valence-corrected chi connectivity index (χ1v) is 10.8. The van der Waals surface area contributed by atoms with Gasteiger partial charge in [0.25, 0.3) is 5.91 Å². The second-order valence-corrected chi connectivity index (χ2v) is 8.73. The third-order valence-electron chi connectivity index (χ3n) is 7.32. The fourth-order valence-corrected chi connectivity index (χ4v) is 5.57. The first kappa shape index (κ1) is 18.8. The van der Waals surface area contributed by atoms with Crippen LogP contribution in [0.25, 0.3) is 10.9 Å². The van der Waals surface area contributed by atoms with E-state index in [2.05, 4.69) is 21.8 Å². The van der Waals surface area contributed by atoms with Crippen LogP contribution in [0.15, 0.2) is 30.3 Å². The summed E-state index contributed by atoms with van der Waals surface area (Å²) < 4.78 is 5.34. The number of pyridine rings is 1. The van der Waals surface area contributed by atoms with Gasteiger partial charge < -0.3 is 14.5 Å². The van der Waals surface area contributed by atoms with E-state index >= 15 is 0 Å². The number of ether oxygens (including phenoxy) is 1. The molecule has 3 fully saturated rings. The third-order valence-corrected chi connectivity index (χ3v) is 7.32. The molecule has 0 spiro atoms. The van der Waals surface area contributed by atoms with Crippen LogP contribution >= 0.6 is 0 Å². The Labute approximate surface area is 172 Å². The van der Waals surface area contributed by atoms with Gasteiger partial charge >= 0.3 is 0 Å². The number of fused-ring (bicyclic) bond motifs is 3. The molecule has 0 aliphatic carbocycles. The van der Waals surface area contributed by atoms with Gasteiger partial charge in [0.1, 0.15) is 0 Å². The molecule has 154 valence electrons. The molecular weight excluding hydrogens is 364 g/mol. The van der Waals surface area contributed by atoms with Gasteiger partial charge in [0.15, 0.2) is 0 Å². The van der Waals surface area contributed by atoms with Gasteiger partial charge in [-0.3, -0.25) is 9.69 Å². The second-order valence-electron chi connectivity index (χ2n) is 8.73. The number of hydrogen-bond donors (Lipinski definition) is 0. The van der Waals surface area contributed by atoms with Crippen molar-refractivity contribution >= 4 is 16.8 Å². The van der Waals surface area contributed by atoms with Crippen molar-refractivity contribution in [3.05, 3.63) is 35.9 Å². The highest BCUT2D eigenvalue weighted by Gasteiger charge is 2.41. The van der Waals surface area contributed by atoms with Crippen molar-refractivity contribution in [1.29, 1.82) is 0 Å². The first-order valence-electron chi connectivity index (χ1n) is 10.8. The molecule has 2 atom stereocenters. The second kappa shape index (κ2) is 7.58. The number of benzene rings is 1. The maximum absolute atomic E-state index is 13.3. The van der Waals surface area contributed by atoms with Crippen molar-refractivity contribution in [2.45, 2.75) is 43.8 Å². The Morgan fingerprint density at radius 2 is 1.72 bits per heavy atom. The lowest BCUT2D eigenvalue weighted by Crippen LogP contribution is -2.55. The van der Waals surface area contributed by atoms with Gasteiger partial charge in [-0.05, 0) is 38.8 Å². The predicted octanol–water partition coefficient (Wildman–Crippen LogP) is 2.63. The van der Waals surface area contributed by atoms with Gasteiger partial charge in [0.05, 0.1) is 18.2 Å². The Balaban J connectivity index is 1.29. The summed E-state index contributed by atoms with van der Waals surface area (Å²) in [4.78, 5) is 25.0. The van der Waals surface area contributed by atoms with Gasteiger partial charge in [0.2, 0.25) is 5.88 Å². The van der Waals surface area contributed by atoms with Crippen molar-refractivity contribution in [2.75, 3.05) is 40.3 Å². The van der Waals surface area contributed by atoms with Crippen LogP contribution in [0, 0.1) is 0 Å². The summed E-state index contributed by atoms with van der Waals surface area (Å²) in [6.07, 6.45) is 5.28. The Hall–Kier alpha value is -2.18. The van der Waals surface area contributed by atoms with Gasteiger partial charge in [0, 0.05) is 55.8 Å². The molecule has 1 aromatic heterocycles. The number of carbonyl (C=O) groups is 1. The van der Waals surface area contributed by atoms with Crippen LogP contribution in [0.3, 0.4) is 0 Å². The average Bonchev–Trinajstić information content (AvgIpc) is 2.97. The molecule has 6 heteroatoms. The number of methoxy groups -OCH3 is 1. The molecule has 3 aliphatic heterocycles. The van der Waals surface area contributed by atoms with E-state index in [1.807, 2.05) is 29.2 Å². The summed E-state index contributed by atoms with van der Waals surface area (Å²) in [5, 5.41) is 0.896. The van der Waals surface area contributed by atoms with Crippen molar-refractivity contribution in [1.82, 2.24) is 19.7 Å². The molecule has 6 nitrogen and oxygen atoms in total. The van der Waals surface area contributed by atoms with Crippen LogP contribution in [-0.2, 0) is 0 Å². The molecule has 4 heterocycles. The molecule has 2 aromatic rings. The molecule has 0 N–H and O–H groups in total. The Bertz CT molecular complexity index is 895. The Kier molecular flexibility index (Phi) is 4.92. The van der Waals surface area contributed by atoms with Crippen molar-refractivity contribution in [3.63, 3.8) is 0 Å². The van der Waals surface area contributed by atoms with Gasteiger partial charge in [-0.1, -0.05) is 18.2 Å². The monoisotopic (exact) mass is 394 g/mol. The number of piperazine rings is 1. The number of amides is 1. The lowest BCUT2D eigenvalue weighted by Gasteiger charge is -2.45. The zero-order valence-corrected chi connectivity index (χ0v) is 17.4. The van der Waals surface area contributed by atoms with Crippen LogP contribution in [0.2, 0.25) is 0 Å². The van der Waals surface area contributed by atoms with Crippen LogP contribution < -0.4 is 4.74 Å². The quantitative estimate of drug-likeness (QED) is 0.801. The maximum Gasteiger partial charge on any atom is 0.254 e. The van der Waals surface area contributed by atoms with Crippen LogP contribution in [-0.4, -0.2) is 84.1 Å². The van der Waals surface area contributed by atoms with Crippen LogP contribution in [0.1, 0.15) is 36.0 Å². The predicted molar refractivity (Wildman–Crippen MR) is 113 cm³/mol. The summed E-state index contributed by atoms with van der Waals surface area (Å²) in [6.45, 7) is 3.53. The summed E-state index contributed by atoms with van der Waals surface area (Å²) in [6, 6.07) is 11.8. The van der Waals surface area contributed by atoms with E-state index in [0.717, 1.165) is 49.2 Å². The van der Waals surface area contributed by atoms with E-state index in [-0.39, 0.29) is 5.91 Å². The number of rotatable bonds is 3. The summed E-state index contributed by atoms with van der Waals surface area (Å²) in [5.41, 5.74) is 1.49. The number of hydrogen-bond acceptors (Lipinski definition) is 5. The first-order chi connectivity index (χ1) is 14.1. The van der Waals surface area contributed by atoms with E-state index in [9.17, 15) is 4.79 Å².